The van der Waals surface area contributed by atoms with Crippen LogP contribution in [0.4, 0.5) is 30.4 Å². The zero-order valence-electron chi connectivity index (χ0n) is 17.3. The number of aliphatic hydroxyl groups excluding tert-OH is 1. The average molecular weight is 440 g/mol. The number of rotatable bonds is 6. The van der Waals surface area contributed by atoms with E-state index >= 15 is 0 Å². The second-order valence-electron chi connectivity index (χ2n) is 8.43. The van der Waals surface area contributed by atoms with E-state index in [0.29, 0.717) is 41.6 Å². The number of aromatic nitrogens is 2. The molecular formula is C24H23F3N4O. The van der Waals surface area contributed by atoms with Crippen molar-refractivity contribution in [2.24, 2.45) is 5.92 Å². The minimum Gasteiger partial charge on any atom is -0.388 e. The maximum absolute atomic E-state index is 13.3. The molecule has 166 valence electrons. The number of aryl methyl sites for hydroxylation is 1. The first kappa shape index (κ1) is 20.8. The van der Waals surface area contributed by atoms with Crippen molar-refractivity contribution in [1.82, 2.24) is 9.97 Å². The zero-order chi connectivity index (χ0) is 22.3. The van der Waals surface area contributed by atoms with E-state index in [4.69, 9.17) is 0 Å². The van der Waals surface area contributed by atoms with Crippen molar-refractivity contribution in [3.8, 4) is 11.3 Å². The van der Waals surface area contributed by atoms with Crippen LogP contribution in [0.1, 0.15) is 42.1 Å². The molecule has 1 heterocycles. The molecule has 2 aliphatic carbocycles. The number of halogens is 3. The number of hydrogen-bond donors (Lipinski definition) is 3. The largest absolute Gasteiger partial charge is 0.416 e. The normalized spacial score (nSPS) is 17.8. The minimum absolute atomic E-state index is 0.410. The third kappa shape index (κ3) is 4.27. The Labute approximate surface area is 183 Å². The van der Waals surface area contributed by atoms with E-state index in [1.54, 1.807) is 6.07 Å². The average Bonchev–Trinajstić information content (AvgIpc) is 3.53. The van der Waals surface area contributed by atoms with Gasteiger partial charge in [-0.15, -0.1) is 0 Å². The lowest BCUT2D eigenvalue weighted by Gasteiger charge is -2.16. The van der Waals surface area contributed by atoms with Crippen molar-refractivity contribution in [2.45, 2.75) is 38.0 Å². The third-order valence-electron chi connectivity index (χ3n) is 6.05. The molecule has 0 saturated heterocycles. The quantitative estimate of drug-likeness (QED) is 0.458. The maximum atomic E-state index is 13.3. The van der Waals surface area contributed by atoms with E-state index in [0.717, 1.165) is 48.2 Å². The lowest BCUT2D eigenvalue weighted by Crippen LogP contribution is -2.09. The van der Waals surface area contributed by atoms with Gasteiger partial charge < -0.3 is 15.7 Å². The monoisotopic (exact) mass is 440 g/mol. The Morgan fingerprint density at radius 1 is 1.00 bits per heavy atom. The number of nitrogens with zero attached hydrogens (tertiary/aromatic N) is 2. The van der Waals surface area contributed by atoms with E-state index in [1.165, 1.54) is 12.4 Å². The smallest absolute Gasteiger partial charge is 0.388 e. The van der Waals surface area contributed by atoms with Crippen molar-refractivity contribution in [3.05, 3.63) is 65.5 Å². The summed E-state index contributed by atoms with van der Waals surface area (Å²) in [6.07, 6.45) is 0.142. The molecule has 0 aliphatic heterocycles. The standard InChI is InChI=1S/C24H23F3N4O/c25-24(26,27)16-7-8-17(19(10-16)28-12-14-4-5-14)20-11-22(30-13-29-20)31-18-3-1-2-15-6-9-21(32)23(15)18/h1-3,7-8,10-11,13-14,21,28,32H,4-6,9,12H2,(H,29,30,31). The molecule has 1 atom stereocenters. The Balaban J connectivity index is 1.47. The number of nitrogens with one attached hydrogen (secondary N) is 2. The molecule has 0 spiro atoms. The van der Waals surface area contributed by atoms with Crippen LogP contribution < -0.4 is 10.6 Å². The molecule has 1 fully saturated rings. The highest BCUT2D eigenvalue weighted by molar-refractivity contribution is 5.78. The van der Waals surface area contributed by atoms with Crippen LogP contribution in [0.25, 0.3) is 11.3 Å². The minimum atomic E-state index is -4.42. The van der Waals surface area contributed by atoms with E-state index in [-0.39, 0.29) is 0 Å². The van der Waals surface area contributed by atoms with Crippen LogP contribution in [-0.2, 0) is 12.6 Å². The van der Waals surface area contributed by atoms with Crippen molar-refractivity contribution in [2.75, 3.05) is 17.2 Å². The topological polar surface area (TPSA) is 70.1 Å². The fraction of sp³-hybridized carbons (Fsp3) is 0.333. The van der Waals surface area contributed by atoms with E-state index in [1.807, 2.05) is 18.2 Å². The summed E-state index contributed by atoms with van der Waals surface area (Å²) in [5.74, 6) is 1.02. The predicted octanol–water partition coefficient (Wildman–Crippen LogP) is 5.71. The van der Waals surface area contributed by atoms with Crippen molar-refractivity contribution in [1.29, 1.82) is 0 Å². The second kappa shape index (κ2) is 8.09. The van der Waals surface area contributed by atoms with Gasteiger partial charge in [0.2, 0.25) is 0 Å². The highest BCUT2D eigenvalue weighted by Gasteiger charge is 2.31. The highest BCUT2D eigenvalue weighted by atomic mass is 19.4. The first-order valence-corrected chi connectivity index (χ1v) is 10.7. The fourth-order valence-electron chi connectivity index (χ4n) is 4.15. The Morgan fingerprint density at radius 2 is 1.84 bits per heavy atom. The summed E-state index contributed by atoms with van der Waals surface area (Å²) in [4.78, 5) is 8.59. The number of aliphatic hydroxyl groups is 1. The van der Waals surface area contributed by atoms with Crippen molar-refractivity contribution < 1.29 is 18.3 Å². The Kier molecular flexibility index (Phi) is 5.25. The lowest BCUT2D eigenvalue weighted by molar-refractivity contribution is -0.137. The second-order valence-corrected chi connectivity index (χ2v) is 8.43. The highest BCUT2D eigenvalue weighted by Crippen LogP contribution is 2.39. The summed E-state index contributed by atoms with van der Waals surface area (Å²) in [7, 11) is 0. The van der Waals surface area contributed by atoms with Gasteiger partial charge in [-0.2, -0.15) is 13.2 Å². The molecule has 1 aromatic heterocycles. The predicted molar refractivity (Wildman–Crippen MR) is 117 cm³/mol. The van der Waals surface area contributed by atoms with Gasteiger partial charge in [0.05, 0.1) is 17.4 Å². The van der Waals surface area contributed by atoms with Gasteiger partial charge in [0, 0.05) is 35.1 Å². The molecule has 32 heavy (non-hydrogen) atoms. The summed E-state index contributed by atoms with van der Waals surface area (Å²) >= 11 is 0. The molecule has 0 radical (unpaired) electrons. The van der Waals surface area contributed by atoms with Crippen LogP contribution >= 0.6 is 0 Å². The molecular weight excluding hydrogens is 417 g/mol. The molecule has 5 rings (SSSR count). The van der Waals surface area contributed by atoms with Gasteiger partial charge in [-0.3, -0.25) is 0 Å². The van der Waals surface area contributed by atoms with Gasteiger partial charge in [-0.1, -0.05) is 18.2 Å². The lowest BCUT2D eigenvalue weighted by atomic mass is 10.0. The summed E-state index contributed by atoms with van der Waals surface area (Å²) in [5, 5.41) is 16.8. The molecule has 0 bridgehead atoms. The fourth-order valence-corrected chi connectivity index (χ4v) is 4.15. The summed E-state index contributed by atoms with van der Waals surface area (Å²) < 4.78 is 39.8. The van der Waals surface area contributed by atoms with Crippen molar-refractivity contribution in [3.63, 3.8) is 0 Å². The van der Waals surface area contributed by atoms with E-state index in [2.05, 4.69) is 20.6 Å². The van der Waals surface area contributed by atoms with Gasteiger partial charge in [0.15, 0.2) is 0 Å². The van der Waals surface area contributed by atoms with Crippen molar-refractivity contribution >= 4 is 17.2 Å². The van der Waals surface area contributed by atoms with E-state index < -0.39 is 17.8 Å². The molecule has 3 aromatic rings. The first-order chi connectivity index (χ1) is 15.4. The third-order valence-corrected chi connectivity index (χ3v) is 6.05. The number of fused-ring (bicyclic) bond motifs is 1. The molecule has 2 aliphatic rings. The van der Waals surface area contributed by atoms with Gasteiger partial charge in [-0.25, -0.2) is 9.97 Å². The van der Waals surface area contributed by atoms with Gasteiger partial charge in [0.25, 0.3) is 0 Å². The number of anilines is 3. The zero-order valence-corrected chi connectivity index (χ0v) is 17.3. The molecule has 1 saturated carbocycles. The first-order valence-electron chi connectivity index (χ1n) is 10.7. The molecule has 5 nitrogen and oxygen atoms in total. The van der Waals surface area contributed by atoms with Crippen LogP contribution in [0.5, 0.6) is 0 Å². The SMILES string of the molecule is OC1CCc2cccc(Nc3cc(-c4ccc(C(F)(F)F)cc4NCC4CC4)ncn3)c21. The summed E-state index contributed by atoms with van der Waals surface area (Å²) in [5.41, 5.74) is 3.56. The number of benzene rings is 2. The van der Waals surface area contributed by atoms with E-state index in [9.17, 15) is 18.3 Å². The summed E-state index contributed by atoms with van der Waals surface area (Å²) in [6.45, 7) is 0.637. The van der Waals surface area contributed by atoms with Crippen LogP contribution in [0, 0.1) is 5.92 Å². The van der Waals surface area contributed by atoms with Gasteiger partial charge in [-0.05, 0) is 55.4 Å². The maximum Gasteiger partial charge on any atom is 0.416 e. The molecule has 0 amide bonds. The number of alkyl halides is 3. The Hall–Kier alpha value is -3.13. The van der Waals surface area contributed by atoms with Crippen LogP contribution in [0.3, 0.4) is 0 Å². The van der Waals surface area contributed by atoms with Gasteiger partial charge >= 0.3 is 6.18 Å². The summed E-state index contributed by atoms with van der Waals surface area (Å²) in [6, 6.07) is 11.2. The van der Waals surface area contributed by atoms with Gasteiger partial charge in [0.1, 0.15) is 12.1 Å². The molecule has 2 aromatic carbocycles. The molecule has 8 heteroatoms. The van der Waals surface area contributed by atoms with Crippen LogP contribution in [0.2, 0.25) is 0 Å². The Morgan fingerprint density at radius 3 is 2.62 bits per heavy atom. The molecule has 3 N–H and O–H groups in total. The number of hydrogen-bond acceptors (Lipinski definition) is 5. The van der Waals surface area contributed by atoms with Crippen LogP contribution in [-0.4, -0.2) is 21.6 Å². The van der Waals surface area contributed by atoms with Crippen LogP contribution in [0.15, 0.2) is 48.8 Å². The Bertz CT molecular complexity index is 1140. The molecule has 1 unspecified atom stereocenters.